The second kappa shape index (κ2) is 8.95. The second-order valence-corrected chi connectivity index (χ2v) is 11.3. The molecule has 0 saturated carbocycles. The molecule has 0 bridgehead atoms. The maximum atomic E-state index is 9.61. The minimum atomic E-state index is -0.450. The molecular weight excluding hydrogens is 496 g/mol. The van der Waals surface area contributed by atoms with Crippen molar-refractivity contribution < 1.29 is 0 Å². The Morgan fingerprint density at radius 2 is 1.44 bits per heavy atom. The number of fused-ring (bicyclic) bond motifs is 5. The van der Waals surface area contributed by atoms with Gasteiger partial charge in [0.15, 0.2) is 0 Å². The molecule has 0 aliphatic heterocycles. The molecular formula is C39H28N2. The summed E-state index contributed by atoms with van der Waals surface area (Å²) in [6.45, 7) is 2.36. The van der Waals surface area contributed by atoms with Gasteiger partial charge in [0.1, 0.15) is 0 Å². The summed E-state index contributed by atoms with van der Waals surface area (Å²) < 4.78 is 2.38. The molecule has 6 aromatic rings. The van der Waals surface area contributed by atoms with Gasteiger partial charge in [-0.2, -0.15) is 5.26 Å². The molecule has 2 aliphatic carbocycles. The van der Waals surface area contributed by atoms with E-state index in [2.05, 4.69) is 139 Å². The molecule has 41 heavy (non-hydrogen) atoms. The average Bonchev–Trinajstić information content (AvgIpc) is 3.53. The standard InChI is InChI=1S/C39H28N2/c1-26-10-9-15-33-31-13-5-7-16-35(31)39(38(26)33,28-20-18-27(25-40)19-21-28)29-22-23-37-34(24-29)32-14-6-8-17-36(32)41(37)30-11-3-2-4-12-30/h2-9,11-24,26H,10H2,1H3. The summed E-state index contributed by atoms with van der Waals surface area (Å²) in [5, 5.41) is 12.1. The van der Waals surface area contributed by atoms with Gasteiger partial charge in [-0.3, -0.25) is 0 Å². The molecule has 194 valence electrons. The maximum absolute atomic E-state index is 9.61. The first-order chi connectivity index (χ1) is 20.2. The van der Waals surface area contributed by atoms with Crippen LogP contribution in [0.25, 0.3) is 33.1 Å². The number of aromatic nitrogens is 1. The van der Waals surface area contributed by atoms with Crippen molar-refractivity contribution in [2.45, 2.75) is 18.8 Å². The molecule has 0 N–H and O–H groups in total. The predicted octanol–water partition coefficient (Wildman–Crippen LogP) is 9.35. The molecule has 2 unspecified atom stereocenters. The number of nitrogens with zero attached hydrogens (tertiary/aromatic N) is 2. The van der Waals surface area contributed by atoms with Crippen LogP contribution in [0.1, 0.15) is 41.2 Å². The molecule has 0 fully saturated rings. The number of para-hydroxylation sites is 2. The number of allylic oxidation sites excluding steroid dienone is 4. The Kier molecular flexibility index (Phi) is 5.18. The van der Waals surface area contributed by atoms with Crippen LogP contribution in [0.15, 0.2) is 139 Å². The normalized spacial score (nSPS) is 19.4. The molecule has 0 saturated heterocycles. The Morgan fingerprint density at radius 1 is 0.732 bits per heavy atom. The summed E-state index contributed by atoms with van der Waals surface area (Å²) in [6, 6.07) is 46.0. The average molecular weight is 525 g/mol. The van der Waals surface area contributed by atoms with E-state index in [-0.39, 0.29) is 0 Å². The van der Waals surface area contributed by atoms with E-state index in [1.54, 1.807) is 0 Å². The molecule has 0 amide bonds. The lowest BCUT2D eigenvalue weighted by atomic mass is 9.63. The third kappa shape index (κ3) is 3.24. The van der Waals surface area contributed by atoms with Gasteiger partial charge in [-0.25, -0.2) is 0 Å². The summed E-state index contributed by atoms with van der Waals surface area (Å²) in [6.07, 6.45) is 5.67. The van der Waals surface area contributed by atoms with Crippen LogP contribution in [0.4, 0.5) is 0 Å². The first-order valence-corrected chi connectivity index (χ1v) is 14.3. The lowest BCUT2D eigenvalue weighted by molar-refractivity contribution is 0.584. The Morgan fingerprint density at radius 3 is 2.27 bits per heavy atom. The molecule has 1 aromatic heterocycles. The van der Waals surface area contributed by atoms with E-state index in [1.165, 1.54) is 55.2 Å². The van der Waals surface area contributed by atoms with Crippen molar-refractivity contribution >= 4 is 27.4 Å². The van der Waals surface area contributed by atoms with Crippen LogP contribution in [0.2, 0.25) is 0 Å². The molecule has 0 radical (unpaired) electrons. The zero-order valence-electron chi connectivity index (χ0n) is 22.9. The highest BCUT2D eigenvalue weighted by Crippen LogP contribution is 2.59. The van der Waals surface area contributed by atoms with Gasteiger partial charge < -0.3 is 4.57 Å². The zero-order valence-corrected chi connectivity index (χ0v) is 22.9. The predicted molar refractivity (Wildman–Crippen MR) is 168 cm³/mol. The molecule has 1 heterocycles. The quantitative estimate of drug-likeness (QED) is 0.227. The number of hydrogen-bond acceptors (Lipinski definition) is 1. The highest BCUT2D eigenvalue weighted by molar-refractivity contribution is 6.10. The summed E-state index contributed by atoms with van der Waals surface area (Å²) in [4.78, 5) is 0. The van der Waals surface area contributed by atoms with Gasteiger partial charge in [-0.15, -0.1) is 0 Å². The van der Waals surface area contributed by atoms with E-state index in [4.69, 9.17) is 0 Å². The van der Waals surface area contributed by atoms with Gasteiger partial charge in [0.05, 0.1) is 28.1 Å². The van der Waals surface area contributed by atoms with Gasteiger partial charge in [-0.05, 0) is 88.2 Å². The first kappa shape index (κ1) is 23.7. The Balaban J connectivity index is 1.50. The van der Waals surface area contributed by atoms with Crippen molar-refractivity contribution in [3.05, 3.63) is 167 Å². The molecule has 2 aliphatic rings. The smallest absolute Gasteiger partial charge is 0.0991 e. The van der Waals surface area contributed by atoms with Gasteiger partial charge >= 0.3 is 0 Å². The largest absolute Gasteiger partial charge is 0.309 e. The van der Waals surface area contributed by atoms with Crippen LogP contribution in [-0.2, 0) is 5.41 Å². The van der Waals surface area contributed by atoms with Crippen LogP contribution in [0.5, 0.6) is 0 Å². The molecule has 8 rings (SSSR count). The maximum Gasteiger partial charge on any atom is 0.0991 e. The highest BCUT2D eigenvalue weighted by Gasteiger charge is 2.49. The van der Waals surface area contributed by atoms with Crippen LogP contribution in [0, 0.1) is 17.2 Å². The van der Waals surface area contributed by atoms with Crippen molar-refractivity contribution in [3.63, 3.8) is 0 Å². The number of benzene rings is 5. The third-order valence-corrected chi connectivity index (χ3v) is 9.15. The van der Waals surface area contributed by atoms with Crippen molar-refractivity contribution in [2.24, 2.45) is 5.92 Å². The number of rotatable bonds is 3. The van der Waals surface area contributed by atoms with Gasteiger partial charge in [0.2, 0.25) is 0 Å². The fourth-order valence-corrected chi connectivity index (χ4v) is 7.50. The fraction of sp³-hybridized carbons (Fsp3) is 0.103. The van der Waals surface area contributed by atoms with E-state index in [0.717, 1.165) is 12.1 Å². The highest BCUT2D eigenvalue weighted by atomic mass is 15.0. The summed E-state index contributed by atoms with van der Waals surface area (Å²) in [5.74, 6) is 0.374. The van der Waals surface area contributed by atoms with Crippen molar-refractivity contribution in [1.82, 2.24) is 4.57 Å². The van der Waals surface area contributed by atoms with E-state index in [1.807, 2.05) is 12.1 Å². The van der Waals surface area contributed by atoms with Crippen molar-refractivity contribution in [1.29, 1.82) is 5.26 Å². The lowest BCUT2D eigenvalue weighted by Gasteiger charge is -2.39. The van der Waals surface area contributed by atoms with Gasteiger partial charge in [0.25, 0.3) is 0 Å². The lowest BCUT2D eigenvalue weighted by Crippen LogP contribution is -2.33. The zero-order chi connectivity index (χ0) is 27.6. The Labute approximate surface area is 240 Å². The summed E-state index contributed by atoms with van der Waals surface area (Å²) >= 11 is 0. The minimum absolute atomic E-state index is 0.374. The van der Waals surface area contributed by atoms with Crippen LogP contribution >= 0.6 is 0 Å². The fourth-order valence-electron chi connectivity index (χ4n) is 7.50. The minimum Gasteiger partial charge on any atom is -0.309 e. The summed E-state index contributed by atoms with van der Waals surface area (Å²) in [5.41, 5.74) is 11.7. The molecule has 5 aromatic carbocycles. The molecule has 0 spiro atoms. The number of nitriles is 1. The van der Waals surface area contributed by atoms with Crippen molar-refractivity contribution in [3.8, 4) is 11.8 Å². The van der Waals surface area contributed by atoms with Crippen LogP contribution < -0.4 is 0 Å². The number of hydrogen-bond donors (Lipinski definition) is 0. The SMILES string of the molecule is CC1CC=CC2=C1C(c1ccc(C#N)cc1)(c1ccc3c(c1)c1ccccc1n3-c1ccccc1)c1ccccc12. The van der Waals surface area contributed by atoms with E-state index < -0.39 is 5.41 Å². The van der Waals surface area contributed by atoms with E-state index in [9.17, 15) is 5.26 Å². The topological polar surface area (TPSA) is 28.7 Å². The molecule has 2 heteroatoms. The molecule has 2 atom stereocenters. The third-order valence-electron chi connectivity index (χ3n) is 9.15. The second-order valence-electron chi connectivity index (χ2n) is 11.3. The van der Waals surface area contributed by atoms with Gasteiger partial charge in [-0.1, -0.05) is 97.9 Å². The molecule has 2 nitrogen and oxygen atoms in total. The van der Waals surface area contributed by atoms with Crippen LogP contribution in [-0.4, -0.2) is 4.57 Å². The Bertz CT molecular complexity index is 2080. The summed E-state index contributed by atoms with van der Waals surface area (Å²) in [7, 11) is 0. The van der Waals surface area contributed by atoms with E-state index in [0.29, 0.717) is 11.5 Å². The monoisotopic (exact) mass is 524 g/mol. The van der Waals surface area contributed by atoms with Gasteiger partial charge in [0, 0.05) is 16.5 Å². The first-order valence-electron chi connectivity index (χ1n) is 14.3. The van der Waals surface area contributed by atoms with E-state index >= 15 is 0 Å². The van der Waals surface area contributed by atoms with Crippen LogP contribution in [0.3, 0.4) is 0 Å². The Hall–Kier alpha value is -5.13. The van der Waals surface area contributed by atoms with Crippen molar-refractivity contribution in [2.75, 3.05) is 0 Å².